The van der Waals surface area contributed by atoms with Crippen molar-refractivity contribution in [2.45, 2.75) is 31.5 Å². The lowest BCUT2D eigenvalue weighted by Gasteiger charge is -2.21. The molecule has 0 aliphatic heterocycles. The van der Waals surface area contributed by atoms with E-state index in [9.17, 15) is 4.79 Å². The molecule has 140 valence electrons. The number of aromatic nitrogens is 4. The van der Waals surface area contributed by atoms with Gasteiger partial charge in [-0.25, -0.2) is 0 Å². The highest BCUT2D eigenvalue weighted by atomic mass is 32.2. The number of hydrogen-bond acceptors (Lipinski definition) is 5. The molecule has 1 atom stereocenters. The lowest BCUT2D eigenvalue weighted by Crippen LogP contribution is -2.31. The number of carbonyl (C=O) groups is 1. The minimum absolute atomic E-state index is 0.00409. The van der Waals surface area contributed by atoms with Gasteiger partial charge in [-0.1, -0.05) is 74.1 Å². The summed E-state index contributed by atoms with van der Waals surface area (Å²) in [5.74, 6) is 0.708. The Bertz CT molecular complexity index is 851. The number of hydrogen-bond donors (Lipinski definition) is 1. The molecule has 0 bridgehead atoms. The van der Waals surface area contributed by atoms with E-state index in [1.54, 1.807) is 4.68 Å². The highest BCUT2D eigenvalue weighted by Crippen LogP contribution is 2.22. The topological polar surface area (TPSA) is 72.7 Å². The maximum atomic E-state index is 12.5. The summed E-state index contributed by atoms with van der Waals surface area (Å²) in [7, 11) is 0. The number of tetrazole rings is 1. The number of para-hydroxylation sites is 1. The molecule has 0 spiro atoms. The second-order valence-electron chi connectivity index (χ2n) is 6.66. The quantitative estimate of drug-likeness (QED) is 0.603. The van der Waals surface area contributed by atoms with Gasteiger partial charge in [-0.2, -0.15) is 4.68 Å². The average Bonchev–Trinajstić information content (AvgIpc) is 3.15. The second-order valence-corrected chi connectivity index (χ2v) is 7.60. The van der Waals surface area contributed by atoms with Crippen LogP contribution in [-0.2, 0) is 4.79 Å². The van der Waals surface area contributed by atoms with Crippen LogP contribution in [0.1, 0.15) is 31.9 Å². The van der Waals surface area contributed by atoms with Crippen LogP contribution in [0.3, 0.4) is 0 Å². The monoisotopic (exact) mass is 381 g/mol. The van der Waals surface area contributed by atoms with E-state index in [-0.39, 0.29) is 17.7 Å². The van der Waals surface area contributed by atoms with Crippen molar-refractivity contribution in [3.8, 4) is 5.69 Å². The Morgan fingerprint density at radius 1 is 1.07 bits per heavy atom. The molecule has 6 nitrogen and oxygen atoms in total. The molecule has 7 heteroatoms. The predicted molar refractivity (Wildman–Crippen MR) is 107 cm³/mol. The average molecular weight is 382 g/mol. The van der Waals surface area contributed by atoms with Gasteiger partial charge in [-0.05, 0) is 40.5 Å². The van der Waals surface area contributed by atoms with Gasteiger partial charge in [-0.15, -0.1) is 5.10 Å². The van der Waals surface area contributed by atoms with Crippen molar-refractivity contribution in [2.24, 2.45) is 5.92 Å². The molecule has 3 rings (SSSR count). The summed E-state index contributed by atoms with van der Waals surface area (Å²) in [5.41, 5.74) is 1.99. The van der Waals surface area contributed by atoms with Gasteiger partial charge in [0, 0.05) is 0 Å². The van der Waals surface area contributed by atoms with E-state index in [1.807, 2.05) is 48.5 Å². The Balaban J connectivity index is 1.63. The third-order valence-electron chi connectivity index (χ3n) is 4.02. The van der Waals surface area contributed by atoms with Crippen LogP contribution in [0.15, 0.2) is 65.8 Å². The lowest BCUT2D eigenvalue weighted by molar-refractivity contribution is -0.119. The van der Waals surface area contributed by atoms with Crippen LogP contribution in [-0.4, -0.2) is 31.9 Å². The Morgan fingerprint density at radius 2 is 1.74 bits per heavy atom. The largest absolute Gasteiger partial charge is 0.349 e. The molecule has 1 aromatic heterocycles. The molecule has 27 heavy (non-hydrogen) atoms. The Morgan fingerprint density at radius 3 is 2.41 bits per heavy atom. The van der Waals surface area contributed by atoms with Gasteiger partial charge in [0.15, 0.2) is 0 Å². The zero-order chi connectivity index (χ0) is 19.1. The molecule has 1 heterocycles. The van der Waals surface area contributed by atoms with Crippen molar-refractivity contribution >= 4 is 17.7 Å². The third kappa shape index (κ3) is 5.40. The fourth-order valence-electron chi connectivity index (χ4n) is 2.80. The first kappa shape index (κ1) is 19.1. The number of rotatable bonds is 8. The van der Waals surface area contributed by atoms with Gasteiger partial charge in [0.1, 0.15) is 0 Å². The van der Waals surface area contributed by atoms with Crippen LogP contribution in [0.4, 0.5) is 0 Å². The molecule has 0 saturated heterocycles. The molecule has 0 radical (unpaired) electrons. The Kier molecular flexibility index (Phi) is 6.59. The van der Waals surface area contributed by atoms with Crippen LogP contribution < -0.4 is 5.32 Å². The summed E-state index contributed by atoms with van der Waals surface area (Å²) >= 11 is 1.33. The van der Waals surface area contributed by atoms with Gasteiger partial charge in [0.05, 0.1) is 17.5 Å². The van der Waals surface area contributed by atoms with E-state index < -0.39 is 0 Å². The van der Waals surface area contributed by atoms with Crippen LogP contribution in [0.25, 0.3) is 5.69 Å². The maximum absolute atomic E-state index is 12.5. The molecule has 0 aliphatic rings. The lowest BCUT2D eigenvalue weighted by atomic mass is 9.97. The van der Waals surface area contributed by atoms with E-state index in [0.29, 0.717) is 11.1 Å². The van der Waals surface area contributed by atoms with Gasteiger partial charge in [0.2, 0.25) is 11.1 Å². The molecular weight excluding hydrogens is 358 g/mol. The zero-order valence-corrected chi connectivity index (χ0v) is 16.3. The molecular formula is C20H23N5OS. The number of nitrogens with zero attached hydrogens (tertiary/aromatic N) is 4. The van der Waals surface area contributed by atoms with Crippen molar-refractivity contribution in [3.05, 3.63) is 66.2 Å². The first-order valence-corrected chi connectivity index (χ1v) is 9.93. The zero-order valence-electron chi connectivity index (χ0n) is 15.4. The van der Waals surface area contributed by atoms with Crippen molar-refractivity contribution in [3.63, 3.8) is 0 Å². The summed E-state index contributed by atoms with van der Waals surface area (Å²) in [6, 6.07) is 19.7. The predicted octanol–water partition coefficient (Wildman–Crippen LogP) is 3.66. The summed E-state index contributed by atoms with van der Waals surface area (Å²) < 4.78 is 1.64. The van der Waals surface area contributed by atoms with Crippen LogP contribution >= 0.6 is 11.8 Å². The maximum Gasteiger partial charge on any atom is 0.230 e. The van der Waals surface area contributed by atoms with Crippen LogP contribution in [0.5, 0.6) is 0 Å². The van der Waals surface area contributed by atoms with Crippen molar-refractivity contribution in [1.82, 2.24) is 25.5 Å². The number of nitrogens with one attached hydrogen (secondary N) is 1. The van der Waals surface area contributed by atoms with Gasteiger partial charge in [-0.3, -0.25) is 4.79 Å². The molecule has 3 aromatic rings. The molecule has 1 unspecified atom stereocenters. The molecule has 0 saturated carbocycles. The van der Waals surface area contributed by atoms with E-state index in [4.69, 9.17) is 0 Å². The number of carbonyl (C=O) groups excluding carboxylic acids is 1. The third-order valence-corrected chi connectivity index (χ3v) is 4.94. The Hall–Kier alpha value is -2.67. The van der Waals surface area contributed by atoms with Crippen molar-refractivity contribution in [2.75, 3.05) is 5.75 Å². The number of benzene rings is 2. The summed E-state index contributed by atoms with van der Waals surface area (Å²) in [4.78, 5) is 12.5. The molecule has 0 fully saturated rings. The first-order chi connectivity index (χ1) is 13.1. The van der Waals surface area contributed by atoms with E-state index >= 15 is 0 Å². The molecule has 1 amide bonds. The minimum Gasteiger partial charge on any atom is -0.349 e. The normalized spacial score (nSPS) is 12.1. The Labute approximate surface area is 163 Å². The highest BCUT2D eigenvalue weighted by molar-refractivity contribution is 7.99. The van der Waals surface area contributed by atoms with Crippen molar-refractivity contribution < 1.29 is 4.79 Å². The summed E-state index contributed by atoms with van der Waals surface area (Å²) in [6.07, 6.45) is 0.891. The smallest absolute Gasteiger partial charge is 0.230 e. The van der Waals surface area contributed by atoms with Gasteiger partial charge < -0.3 is 5.32 Å². The fourth-order valence-corrected chi connectivity index (χ4v) is 3.50. The highest BCUT2D eigenvalue weighted by Gasteiger charge is 2.17. The standard InChI is InChI=1S/C20H23N5OS/c1-15(2)13-18(16-9-5-3-6-10-16)21-19(26)14-27-20-22-23-24-25(20)17-11-7-4-8-12-17/h3-12,15,18H,13-14H2,1-2H3,(H,21,26). The van der Waals surface area contributed by atoms with E-state index in [1.165, 1.54) is 11.8 Å². The summed E-state index contributed by atoms with van der Waals surface area (Å²) in [5, 5.41) is 15.5. The molecule has 0 aliphatic carbocycles. The minimum atomic E-state index is -0.0304. The van der Waals surface area contributed by atoms with Gasteiger partial charge in [0.25, 0.3) is 0 Å². The van der Waals surface area contributed by atoms with E-state index in [0.717, 1.165) is 17.7 Å². The molecule has 1 N–H and O–H groups in total. The fraction of sp³-hybridized carbons (Fsp3) is 0.300. The number of thioether (sulfide) groups is 1. The second kappa shape index (κ2) is 9.32. The number of amides is 1. The van der Waals surface area contributed by atoms with E-state index in [2.05, 4.69) is 46.8 Å². The SMILES string of the molecule is CC(C)CC(NC(=O)CSc1nnnn1-c1ccccc1)c1ccccc1. The first-order valence-electron chi connectivity index (χ1n) is 8.94. The van der Waals surface area contributed by atoms with Crippen LogP contribution in [0, 0.1) is 5.92 Å². The summed E-state index contributed by atoms with van der Waals surface area (Å²) in [6.45, 7) is 4.32. The molecule has 2 aromatic carbocycles. The van der Waals surface area contributed by atoms with Gasteiger partial charge >= 0.3 is 0 Å². The van der Waals surface area contributed by atoms with Crippen molar-refractivity contribution in [1.29, 1.82) is 0 Å². The van der Waals surface area contributed by atoms with Crippen LogP contribution in [0.2, 0.25) is 0 Å².